The number of aliphatic hydroxyl groups excluding tert-OH is 1. The van der Waals surface area contributed by atoms with E-state index in [1.54, 1.807) is 12.1 Å². The summed E-state index contributed by atoms with van der Waals surface area (Å²) in [6.45, 7) is 0. The fraction of sp³-hybridized carbons (Fsp3) is 0.300. The van der Waals surface area contributed by atoms with Gasteiger partial charge in [0.1, 0.15) is 0 Å². The van der Waals surface area contributed by atoms with Gasteiger partial charge < -0.3 is 10.2 Å². The van der Waals surface area contributed by atoms with Crippen LogP contribution in [0.1, 0.15) is 17.2 Å². The van der Waals surface area contributed by atoms with Gasteiger partial charge in [-0.05, 0) is 23.6 Å². The number of hydrogen-bond acceptors (Lipinski definition) is 2. The number of halogens is 1. The molecule has 14 heavy (non-hydrogen) atoms. The van der Waals surface area contributed by atoms with Crippen molar-refractivity contribution in [1.29, 1.82) is 0 Å². The van der Waals surface area contributed by atoms with E-state index in [0.717, 1.165) is 15.6 Å². The number of fused-ring (bicyclic) bond motifs is 1. The highest BCUT2D eigenvalue weighted by molar-refractivity contribution is 9.10. The lowest BCUT2D eigenvalue weighted by atomic mass is 10.0. The van der Waals surface area contributed by atoms with Crippen LogP contribution in [0.3, 0.4) is 0 Å². The Morgan fingerprint density at radius 1 is 1.50 bits per heavy atom. The predicted molar refractivity (Wildman–Crippen MR) is 53.9 cm³/mol. The summed E-state index contributed by atoms with van der Waals surface area (Å²) in [6.07, 6.45) is -0.479. The van der Waals surface area contributed by atoms with E-state index in [4.69, 9.17) is 5.11 Å². The first-order chi connectivity index (χ1) is 6.61. The minimum absolute atomic E-state index is 0.396. The molecule has 0 amide bonds. The lowest BCUT2D eigenvalue weighted by Gasteiger charge is -2.08. The monoisotopic (exact) mass is 256 g/mol. The molecule has 0 spiro atoms. The lowest BCUT2D eigenvalue weighted by Crippen LogP contribution is -2.17. The van der Waals surface area contributed by atoms with E-state index < -0.39 is 18.0 Å². The number of carboxylic acid groups (broad SMARTS) is 1. The number of carbonyl (C=O) groups is 1. The van der Waals surface area contributed by atoms with Crippen molar-refractivity contribution in [1.82, 2.24) is 0 Å². The molecule has 4 heteroatoms. The number of hydrogen-bond donors (Lipinski definition) is 2. The second-order valence-corrected chi connectivity index (χ2v) is 4.26. The fourth-order valence-electron chi connectivity index (χ4n) is 1.84. The molecule has 3 nitrogen and oxygen atoms in total. The SMILES string of the molecule is O=C(O)C1Cc2c(Br)cccc2C1O. The van der Waals surface area contributed by atoms with E-state index in [0.29, 0.717) is 6.42 Å². The first-order valence-corrected chi connectivity index (χ1v) is 5.08. The van der Waals surface area contributed by atoms with Gasteiger partial charge in [-0.3, -0.25) is 4.79 Å². The van der Waals surface area contributed by atoms with Gasteiger partial charge >= 0.3 is 5.97 Å². The Balaban J connectivity index is 2.45. The molecular formula is C10H9BrO3. The molecule has 0 fully saturated rings. The zero-order valence-corrected chi connectivity index (χ0v) is 8.86. The fourth-order valence-corrected chi connectivity index (χ4v) is 2.38. The molecule has 0 bridgehead atoms. The maximum Gasteiger partial charge on any atom is 0.309 e. The molecule has 1 aromatic rings. The van der Waals surface area contributed by atoms with E-state index in [2.05, 4.69) is 15.9 Å². The van der Waals surface area contributed by atoms with Crippen molar-refractivity contribution in [2.75, 3.05) is 0 Å². The van der Waals surface area contributed by atoms with E-state index >= 15 is 0 Å². The van der Waals surface area contributed by atoms with Gasteiger partial charge in [-0.2, -0.15) is 0 Å². The van der Waals surface area contributed by atoms with Crippen LogP contribution in [0.5, 0.6) is 0 Å². The van der Waals surface area contributed by atoms with Crippen molar-refractivity contribution < 1.29 is 15.0 Å². The zero-order valence-electron chi connectivity index (χ0n) is 7.27. The van der Waals surface area contributed by atoms with Gasteiger partial charge in [0.05, 0.1) is 12.0 Å². The van der Waals surface area contributed by atoms with Crippen LogP contribution in [0.25, 0.3) is 0 Å². The molecule has 0 aromatic heterocycles. The number of aliphatic carboxylic acids is 1. The molecule has 0 heterocycles. The van der Waals surface area contributed by atoms with Crippen molar-refractivity contribution in [3.05, 3.63) is 33.8 Å². The maximum atomic E-state index is 10.8. The molecule has 1 aliphatic rings. The van der Waals surface area contributed by atoms with Crippen LogP contribution < -0.4 is 0 Å². The molecular weight excluding hydrogens is 248 g/mol. The second kappa shape index (κ2) is 3.37. The van der Waals surface area contributed by atoms with Crippen LogP contribution in [0.15, 0.2) is 22.7 Å². The molecule has 1 aliphatic carbocycles. The highest BCUT2D eigenvalue weighted by Crippen LogP contribution is 2.39. The molecule has 0 saturated heterocycles. The van der Waals surface area contributed by atoms with Crippen LogP contribution >= 0.6 is 15.9 Å². The Morgan fingerprint density at radius 2 is 2.21 bits per heavy atom. The molecule has 0 radical (unpaired) electrons. The van der Waals surface area contributed by atoms with Gasteiger partial charge in [0.15, 0.2) is 0 Å². The molecule has 0 saturated carbocycles. The predicted octanol–water partition coefficient (Wildman–Crippen LogP) is 1.74. The smallest absolute Gasteiger partial charge is 0.309 e. The topological polar surface area (TPSA) is 57.5 Å². The highest BCUT2D eigenvalue weighted by atomic mass is 79.9. The Bertz CT molecular complexity index is 389. The van der Waals surface area contributed by atoms with Crippen molar-refractivity contribution in [3.63, 3.8) is 0 Å². The van der Waals surface area contributed by atoms with Gasteiger partial charge in [0.25, 0.3) is 0 Å². The summed E-state index contributed by atoms with van der Waals surface area (Å²) in [7, 11) is 0. The maximum absolute atomic E-state index is 10.8. The number of benzene rings is 1. The molecule has 2 rings (SSSR count). The van der Waals surface area contributed by atoms with Crippen LogP contribution in [0.4, 0.5) is 0 Å². The second-order valence-electron chi connectivity index (χ2n) is 3.40. The van der Waals surface area contributed by atoms with Crippen molar-refractivity contribution in [3.8, 4) is 0 Å². The van der Waals surface area contributed by atoms with Gasteiger partial charge in [-0.1, -0.05) is 28.1 Å². The summed E-state index contributed by atoms with van der Waals surface area (Å²) in [6, 6.07) is 5.43. The molecule has 74 valence electrons. The highest BCUT2D eigenvalue weighted by Gasteiger charge is 2.36. The molecule has 2 N–H and O–H groups in total. The molecule has 2 atom stereocenters. The summed E-state index contributed by atoms with van der Waals surface area (Å²) in [5.41, 5.74) is 1.64. The quantitative estimate of drug-likeness (QED) is 0.805. The van der Waals surface area contributed by atoms with Gasteiger partial charge in [-0.15, -0.1) is 0 Å². The van der Waals surface area contributed by atoms with E-state index in [-0.39, 0.29) is 0 Å². The minimum Gasteiger partial charge on any atom is -0.481 e. The van der Waals surface area contributed by atoms with Crippen molar-refractivity contribution >= 4 is 21.9 Å². The molecule has 0 aliphatic heterocycles. The number of carboxylic acids is 1. The standard InChI is InChI=1S/C10H9BrO3/c11-8-3-1-2-5-6(8)4-7(9(5)12)10(13)14/h1-3,7,9,12H,4H2,(H,13,14). The zero-order chi connectivity index (χ0) is 10.3. The third-order valence-corrected chi connectivity index (χ3v) is 3.34. The number of rotatable bonds is 1. The Kier molecular flexibility index (Phi) is 2.33. The van der Waals surface area contributed by atoms with Gasteiger partial charge in [0, 0.05) is 4.47 Å². The van der Waals surface area contributed by atoms with Crippen molar-refractivity contribution in [2.45, 2.75) is 12.5 Å². The van der Waals surface area contributed by atoms with E-state index in [1.807, 2.05) is 6.07 Å². The summed E-state index contributed by atoms with van der Waals surface area (Å²) < 4.78 is 0.873. The Hall–Kier alpha value is -0.870. The van der Waals surface area contributed by atoms with E-state index in [9.17, 15) is 9.90 Å². The largest absolute Gasteiger partial charge is 0.481 e. The first-order valence-electron chi connectivity index (χ1n) is 4.29. The van der Waals surface area contributed by atoms with Crippen molar-refractivity contribution in [2.24, 2.45) is 5.92 Å². The third kappa shape index (κ3) is 1.35. The average molecular weight is 257 g/mol. The average Bonchev–Trinajstić information content (AvgIpc) is 2.46. The summed E-state index contributed by atoms with van der Waals surface area (Å²) in [5, 5.41) is 18.6. The normalized spacial score (nSPS) is 24.7. The molecule has 1 aromatic carbocycles. The number of aliphatic hydroxyl groups is 1. The summed E-state index contributed by atoms with van der Waals surface area (Å²) >= 11 is 3.35. The van der Waals surface area contributed by atoms with Crippen LogP contribution in [-0.4, -0.2) is 16.2 Å². The lowest BCUT2D eigenvalue weighted by molar-refractivity contribution is -0.145. The van der Waals surface area contributed by atoms with Crippen LogP contribution in [0.2, 0.25) is 0 Å². The molecule has 2 unspecified atom stereocenters. The van der Waals surface area contributed by atoms with E-state index in [1.165, 1.54) is 0 Å². The van der Waals surface area contributed by atoms with Crippen LogP contribution in [0, 0.1) is 5.92 Å². The summed E-state index contributed by atoms with van der Waals surface area (Å²) in [5.74, 6) is -1.65. The Labute approximate surface area is 89.5 Å². The first kappa shape index (κ1) is 9.68. The minimum atomic E-state index is -0.944. The summed E-state index contributed by atoms with van der Waals surface area (Å²) in [4.78, 5) is 10.8. The Morgan fingerprint density at radius 3 is 2.79 bits per heavy atom. The van der Waals surface area contributed by atoms with Gasteiger partial charge in [-0.25, -0.2) is 0 Å². The van der Waals surface area contributed by atoms with Gasteiger partial charge in [0.2, 0.25) is 0 Å². The third-order valence-electron chi connectivity index (χ3n) is 2.60. The van der Waals surface area contributed by atoms with Crippen LogP contribution in [-0.2, 0) is 11.2 Å².